The molecule has 1 aliphatic heterocycles. The monoisotopic (exact) mass is 263 g/mol. The molecular weight excluding hydrogens is 241 g/mol. The molecule has 2 nitrogen and oxygen atoms in total. The van der Waals surface area contributed by atoms with Crippen LogP contribution in [0.25, 0.3) is 0 Å². The zero-order valence-corrected chi connectivity index (χ0v) is 12.4. The molecule has 1 atom stereocenters. The van der Waals surface area contributed by atoms with Gasteiger partial charge in [-0.25, -0.2) is 4.39 Å². The Morgan fingerprint density at radius 1 is 1.37 bits per heavy atom. The Balaban J connectivity index is 2.66. The van der Waals surface area contributed by atoms with Gasteiger partial charge in [0.25, 0.3) is 0 Å². The first kappa shape index (κ1) is 14.0. The minimum Gasteiger partial charge on any atom is -0.326 e. The van der Waals surface area contributed by atoms with Gasteiger partial charge in [-0.3, -0.25) is 4.79 Å². The molecule has 19 heavy (non-hydrogen) atoms. The highest BCUT2D eigenvalue weighted by atomic mass is 19.1. The van der Waals surface area contributed by atoms with Crippen molar-refractivity contribution in [2.45, 2.75) is 58.3 Å². The molecule has 1 N–H and O–H groups in total. The SMILES string of the molecule is CCC1(C)CC(=O)Nc2cc(F)c(C(C)(C)C)cc21. The molecule has 0 aromatic heterocycles. The predicted octanol–water partition coefficient (Wildman–Crippen LogP) is 4.13. The second-order valence-corrected chi connectivity index (χ2v) is 6.77. The summed E-state index contributed by atoms with van der Waals surface area (Å²) in [6, 6.07) is 3.41. The van der Waals surface area contributed by atoms with Crippen LogP contribution in [0.4, 0.5) is 10.1 Å². The second-order valence-electron chi connectivity index (χ2n) is 6.77. The highest BCUT2D eigenvalue weighted by molar-refractivity contribution is 5.95. The van der Waals surface area contributed by atoms with Crippen molar-refractivity contribution < 1.29 is 9.18 Å². The van der Waals surface area contributed by atoms with Crippen LogP contribution >= 0.6 is 0 Å². The second kappa shape index (κ2) is 4.32. The average molecular weight is 263 g/mol. The van der Waals surface area contributed by atoms with Crippen LogP contribution in [-0.2, 0) is 15.6 Å². The van der Waals surface area contributed by atoms with Crippen molar-refractivity contribution >= 4 is 11.6 Å². The standard InChI is InChI=1S/C16H22FNO/c1-6-16(5)9-14(19)18-13-8-12(17)10(7-11(13)16)15(2,3)4/h7-8H,6,9H2,1-5H3,(H,18,19). The molecular formula is C16H22FNO. The number of halogens is 1. The number of rotatable bonds is 1. The van der Waals surface area contributed by atoms with Crippen molar-refractivity contribution in [3.8, 4) is 0 Å². The van der Waals surface area contributed by atoms with Gasteiger partial charge in [0.05, 0.1) is 0 Å². The molecule has 3 heteroatoms. The maximum absolute atomic E-state index is 14.2. The number of nitrogens with one attached hydrogen (secondary N) is 1. The van der Waals surface area contributed by atoms with Gasteiger partial charge in [0.2, 0.25) is 5.91 Å². The van der Waals surface area contributed by atoms with Gasteiger partial charge in [0.1, 0.15) is 5.82 Å². The van der Waals surface area contributed by atoms with Crippen molar-refractivity contribution in [2.24, 2.45) is 0 Å². The van der Waals surface area contributed by atoms with Crippen molar-refractivity contribution in [3.63, 3.8) is 0 Å². The minimum atomic E-state index is -0.244. The van der Waals surface area contributed by atoms with Gasteiger partial charge in [0, 0.05) is 17.5 Å². The summed E-state index contributed by atoms with van der Waals surface area (Å²) < 4.78 is 14.2. The van der Waals surface area contributed by atoms with Crippen LogP contribution in [0, 0.1) is 5.82 Å². The summed E-state index contributed by atoms with van der Waals surface area (Å²) in [5.74, 6) is -0.272. The highest BCUT2D eigenvalue weighted by Crippen LogP contribution is 2.42. The highest BCUT2D eigenvalue weighted by Gasteiger charge is 2.36. The molecule has 0 fully saturated rings. The predicted molar refractivity (Wildman–Crippen MR) is 76.0 cm³/mol. The molecule has 1 unspecified atom stereocenters. The van der Waals surface area contributed by atoms with E-state index in [2.05, 4.69) is 19.2 Å². The van der Waals surface area contributed by atoms with Crippen LogP contribution in [-0.4, -0.2) is 5.91 Å². The van der Waals surface area contributed by atoms with Gasteiger partial charge in [-0.05, 0) is 35.1 Å². The van der Waals surface area contributed by atoms with Crippen LogP contribution in [0.15, 0.2) is 12.1 Å². The quantitative estimate of drug-likeness (QED) is 0.811. The first-order chi connectivity index (χ1) is 8.67. The van der Waals surface area contributed by atoms with Crippen LogP contribution in [0.1, 0.15) is 58.6 Å². The maximum Gasteiger partial charge on any atom is 0.225 e. The fourth-order valence-corrected chi connectivity index (χ4v) is 2.71. The van der Waals surface area contributed by atoms with E-state index in [0.717, 1.165) is 12.0 Å². The van der Waals surface area contributed by atoms with Gasteiger partial charge < -0.3 is 5.32 Å². The number of carbonyl (C=O) groups excluding carboxylic acids is 1. The fourth-order valence-electron chi connectivity index (χ4n) is 2.71. The van der Waals surface area contributed by atoms with Gasteiger partial charge in [-0.2, -0.15) is 0 Å². The lowest BCUT2D eigenvalue weighted by molar-refractivity contribution is -0.117. The van der Waals surface area contributed by atoms with E-state index >= 15 is 0 Å². The maximum atomic E-state index is 14.2. The van der Waals surface area contributed by atoms with Crippen molar-refractivity contribution in [2.75, 3.05) is 5.32 Å². The Kier molecular flexibility index (Phi) is 3.20. The molecule has 0 bridgehead atoms. The van der Waals surface area contributed by atoms with E-state index in [1.807, 2.05) is 26.8 Å². The molecule has 2 rings (SSSR count). The minimum absolute atomic E-state index is 0.0280. The lowest BCUT2D eigenvalue weighted by Gasteiger charge is -2.36. The molecule has 1 amide bonds. The molecule has 0 aliphatic carbocycles. The summed E-state index contributed by atoms with van der Waals surface area (Å²) >= 11 is 0. The summed E-state index contributed by atoms with van der Waals surface area (Å²) in [6.45, 7) is 10.2. The molecule has 1 aromatic rings. The normalized spacial score (nSPS) is 22.9. The van der Waals surface area contributed by atoms with E-state index in [1.54, 1.807) is 0 Å². The van der Waals surface area contributed by atoms with Gasteiger partial charge >= 0.3 is 0 Å². The number of hydrogen-bond acceptors (Lipinski definition) is 1. The molecule has 1 heterocycles. The summed E-state index contributed by atoms with van der Waals surface area (Å²) in [4.78, 5) is 11.8. The smallest absolute Gasteiger partial charge is 0.225 e. The number of carbonyl (C=O) groups is 1. The number of amides is 1. The Bertz CT molecular complexity index is 530. The lowest BCUT2D eigenvalue weighted by Crippen LogP contribution is -2.35. The van der Waals surface area contributed by atoms with E-state index in [-0.39, 0.29) is 22.6 Å². The van der Waals surface area contributed by atoms with Crippen LogP contribution in [0.3, 0.4) is 0 Å². The van der Waals surface area contributed by atoms with E-state index in [1.165, 1.54) is 6.07 Å². The summed E-state index contributed by atoms with van der Waals surface area (Å²) in [5.41, 5.74) is 1.95. The molecule has 0 radical (unpaired) electrons. The topological polar surface area (TPSA) is 29.1 Å². The van der Waals surface area contributed by atoms with Crippen LogP contribution in [0.2, 0.25) is 0 Å². The summed E-state index contributed by atoms with van der Waals surface area (Å²) in [5, 5.41) is 2.79. The van der Waals surface area contributed by atoms with Crippen molar-refractivity contribution in [1.82, 2.24) is 0 Å². The fraction of sp³-hybridized carbons (Fsp3) is 0.562. The third-order valence-corrected chi connectivity index (χ3v) is 4.17. The molecule has 0 saturated heterocycles. The van der Waals surface area contributed by atoms with Gasteiger partial charge in [0.15, 0.2) is 0 Å². The zero-order chi connectivity index (χ0) is 14.4. The number of fused-ring (bicyclic) bond motifs is 1. The molecule has 1 aromatic carbocycles. The molecule has 1 aliphatic rings. The molecule has 0 saturated carbocycles. The van der Waals surface area contributed by atoms with Gasteiger partial charge in [-0.1, -0.05) is 34.6 Å². The van der Waals surface area contributed by atoms with E-state index < -0.39 is 0 Å². The summed E-state index contributed by atoms with van der Waals surface area (Å²) in [6.07, 6.45) is 1.33. The van der Waals surface area contributed by atoms with Crippen molar-refractivity contribution in [3.05, 3.63) is 29.1 Å². The third-order valence-electron chi connectivity index (χ3n) is 4.17. The van der Waals surface area contributed by atoms with E-state index in [0.29, 0.717) is 17.7 Å². The number of anilines is 1. The Hall–Kier alpha value is -1.38. The Labute approximate surface area is 114 Å². The number of benzene rings is 1. The first-order valence-corrected chi connectivity index (χ1v) is 6.82. The first-order valence-electron chi connectivity index (χ1n) is 6.82. The van der Waals surface area contributed by atoms with Crippen LogP contribution < -0.4 is 5.32 Å². The molecule has 0 spiro atoms. The summed E-state index contributed by atoms with van der Waals surface area (Å²) in [7, 11) is 0. The largest absolute Gasteiger partial charge is 0.326 e. The zero-order valence-electron chi connectivity index (χ0n) is 12.4. The third kappa shape index (κ3) is 2.38. The van der Waals surface area contributed by atoms with E-state index in [4.69, 9.17) is 0 Å². The van der Waals surface area contributed by atoms with E-state index in [9.17, 15) is 9.18 Å². The number of hydrogen-bond donors (Lipinski definition) is 1. The van der Waals surface area contributed by atoms with Crippen LogP contribution in [0.5, 0.6) is 0 Å². The Morgan fingerprint density at radius 2 is 2.00 bits per heavy atom. The average Bonchev–Trinajstić information content (AvgIpc) is 2.26. The van der Waals surface area contributed by atoms with Crippen molar-refractivity contribution in [1.29, 1.82) is 0 Å². The Morgan fingerprint density at radius 3 is 2.53 bits per heavy atom. The molecule has 104 valence electrons. The van der Waals surface area contributed by atoms with Gasteiger partial charge in [-0.15, -0.1) is 0 Å². The lowest BCUT2D eigenvalue weighted by atomic mass is 9.72.